The Hall–Kier alpha value is -4.80. The van der Waals surface area contributed by atoms with Crippen molar-refractivity contribution in [2.75, 3.05) is 26.9 Å². The van der Waals surface area contributed by atoms with E-state index < -0.39 is 5.97 Å². The number of likely N-dealkylation sites (tertiary alicyclic amines) is 1. The second-order valence-electron chi connectivity index (χ2n) is 11.8. The number of halogens is 1. The van der Waals surface area contributed by atoms with Crippen LogP contribution in [0.25, 0.3) is 11.1 Å². The van der Waals surface area contributed by atoms with Gasteiger partial charge in [0, 0.05) is 36.1 Å². The predicted molar refractivity (Wildman–Crippen MR) is 179 cm³/mol. The first-order chi connectivity index (χ1) is 23.3. The van der Waals surface area contributed by atoms with Crippen molar-refractivity contribution >= 4 is 23.5 Å². The minimum atomic E-state index is -1.07. The van der Waals surface area contributed by atoms with Crippen LogP contribution in [0.5, 0.6) is 23.0 Å². The van der Waals surface area contributed by atoms with Crippen molar-refractivity contribution in [1.29, 1.82) is 0 Å². The van der Waals surface area contributed by atoms with Crippen LogP contribution in [0, 0.1) is 6.92 Å². The molecule has 4 aromatic rings. The van der Waals surface area contributed by atoms with Gasteiger partial charge in [0.1, 0.15) is 44.0 Å². The van der Waals surface area contributed by atoms with E-state index >= 15 is 0 Å². The van der Waals surface area contributed by atoms with E-state index in [9.17, 15) is 14.7 Å². The number of rotatable bonds is 11. The number of carboxylic acid groups (broad SMARTS) is 1. The van der Waals surface area contributed by atoms with Crippen molar-refractivity contribution in [3.05, 3.63) is 99.8 Å². The molecule has 250 valence electrons. The molecule has 1 atom stereocenters. The standard InChI is InChI=1S/C37H37ClN2O8/c1-23-26(6-5-7-29(23)25-9-10-32-35(16-25)46-13-12-45-32)22-48-34-17-33(47-21-24-14-27(36(41)42)19-39-18-24)28(15-30(34)38)20-40-11-4-3-8-31(40)37(43)44-2/h5-7,9-10,14-19,31H,3-4,8,11-13,20-22H2,1-2H3,(H,41,42)/t31-/m0/s1. The van der Waals surface area contributed by atoms with Gasteiger partial charge in [-0.15, -0.1) is 0 Å². The van der Waals surface area contributed by atoms with E-state index in [1.807, 2.05) is 30.3 Å². The highest BCUT2D eigenvalue weighted by Crippen LogP contribution is 2.38. The zero-order valence-corrected chi connectivity index (χ0v) is 27.6. The summed E-state index contributed by atoms with van der Waals surface area (Å²) in [5.74, 6) is 1.07. The van der Waals surface area contributed by atoms with Gasteiger partial charge < -0.3 is 28.8 Å². The molecule has 3 aromatic carbocycles. The molecule has 11 heteroatoms. The molecule has 2 aliphatic rings. The quantitative estimate of drug-likeness (QED) is 0.169. The Kier molecular flexibility index (Phi) is 10.3. The highest BCUT2D eigenvalue weighted by atomic mass is 35.5. The molecule has 0 bridgehead atoms. The van der Waals surface area contributed by atoms with Crippen LogP contribution in [0.2, 0.25) is 5.02 Å². The normalized spacial score (nSPS) is 15.9. The van der Waals surface area contributed by atoms with E-state index in [0.717, 1.165) is 58.7 Å². The number of hydrogen-bond donors (Lipinski definition) is 1. The summed E-state index contributed by atoms with van der Waals surface area (Å²) in [5, 5.41) is 9.82. The van der Waals surface area contributed by atoms with Gasteiger partial charge in [-0.25, -0.2) is 4.79 Å². The highest BCUT2D eigenvalue weighted by molar-refractivity contribution is 6.32. The Morgan fingerprint density at radius 1 is 0.958 bits per heavy atom. The number of carboxylic acids is 1. The number of benzene rings is 3. The fourth-order valence-electron chi connectivity index (χ4n) is 6.11. The number of nitrogens with zero attached hydrogens (tertiary/aromatic N) is 2. The molecular weight excluding hydrogens is 636 g/mol. The van der Waals surface area contributed by atoms with Gasteiger partial charge in [0.15, 0.2) is 11.5 Å². The first kappa shape index (κ1) is 33.1. The minimum absolute atomic E-state index is 0.0688. The summed E-state index contributed by atoms with van der Waals surface area (Å²) in [6.07, 6.45) is 5.46. The van der Waals surface area contributed by atoms with Crippen LogP contribution in [-0.2, 0) is 29.3 Å². The van der Waals surface area contributed by atoms with Crippen LogP contribution in [-0.4, -0.2) is 59.8 Å². The summed E-state index contributed by atoms with van der Waals surface area (Å²) >= 11 is 6.83. The lowest BCUT2D eigenvalue weighted by Crippen LogP contribution is -2.44. The fourth-order valence-corrected chi connectivity index (χ4v) is 6.35. The topological polar surface area (TPSA) is 117 Å². The molecule has 1 saturated heterocycles. The summed E-state index contributed by atoms with van der Waals surface area (Å²) in [4.78, 5) is 30.2. The number of carbonyl (C=O) groups excluding carboxylic acids is 1. The molecule has 48 heavy (non-hydrogen) atoms. The Balaban J connectivity index is 1.26. The monoisotopic (exact) mass is 672 g/mol. The van der Waals surface area contributed by atoms with Crippen LogP contribution >= 0.6 is 11.6 Å². The maximum Gasteiger partial charge on any atom is 0.337 e. The number of piperidine rings is 1. The van der Waals surface area contributed by atoms with Crippen molar-refractivity contribution in [1.82, 2.24) is 9.88 Å². The van der Waals surface area contributed by atoms with Gasteiger partial charge in [-0.1, -0.05) is 42.3 Å². The van der Waals surface area contributed by atoms with Gasteiger partial charge >= 0.3 is 11.9 Å². The summed E-state index contributed by atoms with van der Waals surface area (Å²) in [6.45, 7) is 4.56. The fraction of sp³-hybridized carbons (Fsp3) is 0.324. The van der Waals surface area contributed by atoms with E-state index in [-0.39, 0.29) is 30.8 Å². The van der Waals surface area contributed by atoms with Crippen molar-refractivity contribution < 1.29 is 38.4 Å². The van der Waals surface area contributed by atoms with Crippen LogP contribution < -0.4 is 18.9 Å². The maximum absolute atomic E-state index is 12.6. The number of hydrogen-bond acceptors (Lipinski definition) is 9. The van der Waals surface area contributed by atoms with E-state index in [1.54, 1.807) is 18.3 Å². The predicted octanol–water partition coefficient (Wildman–Crippen LogP) is 6.87. The number of carbonyl (C=O) groups is 2. The molecule has 1 aromatic heterocycles. The number of pyridine rings is 1. The molecule has 1 fully saturated rings. The number of esters is 1. The van der Waals surface area contributed by atoms with E-state index in [1.165, 1.54) is 19.4 Å². The van der Waals surface area contributed by atoms with Crippen LogP contribution in [0.3, 0.4) is 0 Å². The lowest BCUT2D eigenvalue weighted by Gasteiger charge is -2.34. The number of aromatic nitrogens is 1. The molecule has 0 unspecified atom stereocenters. The second kappa shape index (κ2) is 15.0. The minimum Gasteiger partial charge on any atom is -0.488 e. The van der Waals surface area contributed by atoms with Gasteiger partial charge in [-0.2, -0.15) is 0 Å². The molecule has 0 spiro atoms. The Morgan fingerprint density at radius 2 is 1.77 bits per heavy atom. The van der Waals surface area contributed by atoms with Crippen LogP contribution in [0.15, 0.2) is 67.0 Å². The first-order valence-electron chi connectivity index (χ1n) is 15.9. The van der Waals surface area contributed by atoms with Gasteiger partial charge in [-0.05, 0) is 72.8 Å². The van der Waals surface area contributed by atoms with E-state index in [2.05, 4.69) is 22.9 Å². The zero-order valence-electron chi connectivity index (χ0n) is 26.9. The third-order valence-corrected chi connectivity index (χ3v) is 8.99. The van der Waals surface area contributed by atoms with Gasteiger partial charge in [0.2, 0.25) is 0 Å². The maximum atomic E-state index is 12.6. The van der Waals surface area contributed by atoms with Gasteiger partial charge in [0.05, 0.1) is 17.7 Å². The van der Waals surface area contributed by atoms with Crippen molar-refractivity contribution in [3.63, 3.8) is 0 Å². The summed E-state index contributed by atoms with van der Waals surface area (Å²) < 4.78 is 29.2. The molecule has 0 radical (unpaired) electrons. The molecule has 0 saturated carbocycles. The molecule has 6 rings (SSSR count). The Labute approximate surface area is 284 Å². The smallest absolute Gasteiger partial charge is 0.337 e. The number of methoxy groups -OCH3 is 1. The van der Waals surface area contributed by atoms with Gasteiger partial charge in [-0.3, -0.25) is 14.7 Å². The molecule has 1 N–H and O–H groups in total. The third kappa shape index (κ3) is 7.50. The molecule has 0 amide bonds. The highest BCUT2D eigenvalue weighted by Gasteiger charge is 2.30. The molecule has 3 heterocycles. The molecular formula is C37H37ClN2O8. The number of aromatic carboxylic acids is 1. The molecule has 0 aliphatic carbocycles. The lowest BCUT2D eigenvalue weighted by molar-refractivity contribution is -0.148. The van der Waals surface area contributed by atoms with Gasteiger partial charge in [0.25, 0.3) is 0 Å². The summed E-state index contributed by atoms with van der Waals surface area (Å²) in [5.41, 5.74) is 5.54. The zero-order chi connectivity index (χ0) is 33.6. The molecule has 10 nitrogen and oxygen atoms in total. The lowest BCUT2D eigenvalue weighted by atomic mass is 9.96. The Morgan fingerprint density at radius 3 is 2.58 bits per heavy atom. The molecule has 2 aliphatic heterocycles. The number of ether oxygens (including phenoxy) is 5. The SMILES string of the molecule is COC(=O)[C@@H]1CCCCN1Cc1cc(Cl)c(OCc2cccc(-c3ccc4c(c3)OCCO4)c2C)cc1OCc1cncc(C(=O)O)c1. The average Bonchev–Trinajstić information content (AvgIpc) is 3.11. The first-order valence-corrected chi connectivity index (χ1v) is 16.2. The van der Waals surface area contributed by atoms with Crippen LogP contribution in [0.1, 0.15) is 51.9 Å². The third-order valence-electron chi connectivity index (χ3n) is 8.69. The number of fused-ring (bicyclic) bond motifs is 1. The average molecular weight is 673 g/mol. The van der Waals surface area contributed by atoms with Crippen molar-refractivity contribution in [2.24, 2.45) is 0 Å². The van der Waals surface area contributed by atoms with E-state index in [4.69, 9.17) is 35.3 Å². The Bertz CT molecular complexity index is 1810. The van der Waals surface area contributed by atoms with E-state index in [0.29, 0.717) is 48.3 Å². The van der Waals surface area contributed by atoms with Crippen molar-refractivity contribution in [2.45, 2.75) is 52.0 Å². The van der Waals surface area contributed by atoms with Crippen LogP contribution in [0.4, 0.5) is 0 Å². The van der Waals surface area contributed by atoms with Crippen molar-refractivity contribution in [3.8, 4) is 34.1 Å². The second-order valence-corrected chi connectivity index (χ2v) is 12.2. The summed E-state index contributed by atoms with van der Waals surface area (Å²) in [7, 11) is 1.40. The summed E-state index contributed by atoms with van der Waals surface area (Å²) in [6, 6.07) is 16.7. The largest absolute Gasteiger partial charge is 0.488 e.